The molecule has 0 unspecified atom stereocenters. The predicted molar refractivity (Wildman–Crippen MR) is 123 cm³/mol. The summed E-state index contributed by atoms with van der Waals surface area (Å²) in [7, 11) is 0. The molecule has 1 aromatic heterocycles. The Kier molecular flexibility index (Phi) is 4.98. The number of fused-ring (bicyclic) bond motifs is 7. The van der Waals surface area contributed by atoms with E-state index in [1.54, 1.807) is 25.3 Å². The van der Waals surface area contributed by atoms with Gasteiger partial charge < -0.3 is 35.0 Å². The van der Waals surface area contributed by atoms with Crippen molar-refractivity contribution in [3.05, 3.63) is 64.0 Å². The van der Waals surface area contributed by atoms with Crippen molar-refractivity contribution in [2.24, 2.45) is 0 Å². The first-order chi connectivity index (χ1) is 17.2. The van der Waals surface area contributed by atoms with E-state index in [2.05, 4.69) is 4.98 Å². The number of aromatic hydroxyl groups is 1. The minimum absolute atomic E-state index is 0.0212. The summed E-state index contributed by atoms with van der Waals surface area (Å²) in [5.41, 5.74) is 1.07. The van der Waals surface area contributed by atoms with Crippen LogP contribution in [0.25, 0.3) is 10.8 Å². The molecule has 1 fully saturated rings. The molecule has 2 aliphatic heterocycles. The van der Waals surface area contributed by atoms with Gasteiger partial charge in [0.15, 0.2) is 5.78 Å². The van der Waals surface area contributed by atoms with Crippen LogP contribution in [0.1, 0.15) is 49.4 Å². The zero-order valence-corrected chi connectivity index (χ0v) is 19.1. The van der Waals surface area contributed by atoms with E-state index in [0.29, 0.717) is 21.9 Å². The second-order valence-corrected chi connectivity index (χ2v) is 9.52. The normalized spacial score (nSPS) is 29.0. The molecule has 10 heteroatoms. The summed E-state index contributed by atoms with van der Waals surface area (Å²) in [6.07, 6.45) is -2.94. The van der Waals surface area contributed by atoms with Crippen molar-refractivity contribution in [2.75, 3.05) is 6.61 Å². The molecule has 1 saturated heterocycles. The van der Waals surface area contributed by atoms with Gasteiger partial charge in [-0.3, -0.25) is 14.6 Å². The molecule has 3 aliphatic rings. The lowest BCUT2D eigenvalue weighted by atomic mass is 9.77. The number of phenols is 1. The maximum absolute atomic E-state index is 13.9. The average Bonchev–Trinajstić information content (AvgIpc) is 2.87. The Morgan fingerprint density at radius 1 is 1.06 bits per heavy atom. The molecule has 3 aromatic rings. The van der Waals surface area contributed by atoms with E-state index in [1.165, 1.54) is 12.3 Å². The third-order valence-corrected chi connectivity index (χ3v) is 7.39. The number of carbonyl (C=O) groups excluding carboxylic acids is 2. The molecule has 0 radical (unpaired) electrons. The van der Waals surface area contributed by atoms with Gasteiger partial charge in [-0.15, -0.1) is 0 Å². The minimum atomic E-state index is -1.90. The molecule has 2 aromatic carbocycles. The van der Waals surface area contributed by atoms with Crippen molar-refractivity contribution >= 4 is 22.3 Å². The third-order valence-electron chi connectivity index (χ3n) is 7.39. The average molecular weight is 493 g/mol. The van der Waals surface area contributed by atoms with E-state index in [4.69, 9.17) is 9.47 Å². The molecule has 6 rings (SSSR count). The van der Waals surface area contributed by atoms with Crippen LogP contribution in [0.4, 0.5) is 0 Å². The molecule has 0 saturated carbocycles. The van der Waals surface area contributed by atoms with E-state index >= 15 is 0 Å². The maximum atomic E-state index is 13.9. The van der Waals surface area contributed by atoms with E-state index in [9.17, 15) is 35.1 Å². The molecule has 0 bridgehead atoms. The second-order valence-electron chi connectivity index (χ2n) is 9.52. The van der Waals surface area contributed by atoms with Crippen LogP contribution in [-0.2, 0) is 11.2 Å². The summed E-state index contributed by atoms with van der Waals surface area (Å²) in [5, 5.41) is 52.9. The van der Waals surface area contributed by atoms with Crippen LogP contribution < -0.4 is 4.74 Å². The monoisotopic (exact) mass is 493 g/mol. The Morgan fingerprint density at radius 2 is 1.83 bits per heavy atom. The first kappa shape index (κ1) is 23.0. The lowest BCUT2D eigenvalue weighted by Gasteiger charge is -2.50. The van der Waals surface area contributed by atoms with Crippen molar-refractivity contribution in [1.82, 2.24) is 4.98 Å². The number of aromatic nitrogens is 1. The van der Waals surface area contributed by atoms with Gasteiger partial charge in [-0.2, -0.15) is 0 Å². The molecule has 3 heterocycles. The Labute approximate surface area is 204 Å². The molecule has 1 aliphatic carbocycles. The first-order valence-corrected chi connectivity index (χ1v) is 11.6. The van der Waals surface area contributed by atoms with Gasteiger partial charge in [-0.1, -0.05) is 0 Å². The smallest absolute Gasteiger partial charge is 0.240 e. The largest absolute Gasteiger partial charge is 0.507 e. The highest BCUT2D eigenvalue weighted by Crippen LogP contribution is 2.49. The Balaban J connectivity index is 1.62. The summed E-state index contributed by atoms with van der Waals surface area (Å²) in [4.78, 5) is 31.8. The number of hydrogen-bond acceptors (Lipinski definition) is 10. The predicted octanol–water partition coefficient (Wildman–Crippen LogP) is 0.519. The number of benzene rings is 2. The standard InChI is InChI=1S/C26H23NO9/c1-10-6-13-17(15(29)7-10)22(32)19-18(20(13)30)11-3-5-27-8-14(11)12-2-4-26(36-24(12)19)25(34)23(33)21(31)16(9-28)35-26/h3,5-8,16,21,23,25,28-29,31,33-34H,2,4,9H2,1H3/t16-,21-,23+,25-,26+/m1/s1. The summed E-state index contributed by atoms with van der Waals surface area (Å²) >= 11 is 0. The SMILES string of the molecule is Cc1cc(O)c2c(c1)C(=O)c1c(c3c(c4cnccc14)CC[C@@]1(O3)O[C@H](CO)[C@@H](O)[C@H](O)[C@H]1O)C2=O. The molecule has 5 atom stereocenters. The lowest BCUT2D eigenvalue weighted by molar-refractivity contribution is -0.342. The summed E-state index contributed by atoms with van der Waals surface area (Å²) in [5.74, 6) is -3.37. The number of aliphatic hydroxyl groups is 4. The molecular weight excluding hydrogens is 470 g/mol. The van der Waals surface area contributed by atoms with Gasteiger partial charge in [-0.05, 0) is 42.5 Å². The summed E-state index contributed by atoms with van der Waals surface area (Å²) in [6.45, 7) is 1.05. The van der Waals surface area contributed by atoms with E-state index in [1.807, 2.05) is 0 Å². The van der Waals surface area contributed by atoms with Crippen molar-refractivity contribution in [2.45, 2.75) is 50.0 Å². The van der Waals surface area contributed by atoms with Crippen LogP contribution in [0.15, 0.2) is 30.6 Å². The zero-order valence-electron chi connectivity index (χ0n) is 19.1. The molecule has 5 N–H and O–H groups in total. The molecule has 36 heavy (non-hydrogen) atoms. The Morgan fingerprint density at radius 3 is 2.58 bits per heavy atom. The van der Waals surface area contributed by atoms with Crippen LogP contribution in [0.5, 0.6) is 11.5 Å². The number of hydrogen-bond donors (Lipinski definition) is 5. The van der Waals surface area contributed by atoms with E-state index < -0.39 is 48.4 Å². The number of ketones is 2. The van der Waals surface area contributed by atoms with E-state index in [-0.39, 0.29) is 46.6 Å². The molecular formula is C26H23NO9. The van der Waals surface area contributed by atoms with Gasteiger partial charge in [0.2, 0.25) is 11.6 Å². The third kappa shape index (κ3) is 2.93. The van der Waals surface area contributed by atoms with Crippen molar-refractivity contribution in [1.29, 1.82) is 0 Å². The fourth-order valence-electron chi connectivity index (χ4n) is 5.65. The van der Waals surface area contributed by atoms with Crippen LogP contribution in [0, 0.1) is 6.92 Å². The molecule has 186 valence electrons. The topological polar surface area (TPSA) is 167 Å². The van der Waals surface area contributed by atoms with Gasteiger partial charge in [0.25, 0.3) is 0 Å². The number of ether oxygens (including phenoxy) is 2. The van der Waals surface area contributed by atoms with Gasteiger partial charge in [0.05, 0.1) is 17.7 Å². The number of phenolic OH excluding ortho intramolecular Hbond substituents is 1. The van der Waals surface area contributed by atoms with Crippen molar-refractivity contribution in [3.8, 4) is 11.5 Å². The number of rotatable bonds is 1. The van der Waals surface area contributed by atoms with Gasteiger partial charge in [0.1, 0.15) is 35.9 Å². The number of aryl methyl sites for hydroxylation is 2. The number of pyridine rings is 1. The molecule has 0 amide bonds. The highest BCUT2D eigenvalue weighted by Gasteiger charge is 2.57. The summed E-state index contributed by atoms with van der Waals surface area (Å²) < 4.78 is 12.0. The lowest BCUT2D eigenvalue weighted by Crippen LogP contribution is -2.68. The number of nitrogens with zero attached hydrogens (tertiary/aromatic N) is 1. The van der Waals surface area contributed by atoms with Crippen LogP contribution in [0.2, 0.25) is 0 Å². The van der Waals surface area contributed by atoms with Crippen LogP contribution in [-0.4, -0.2) is 78.9 Å². The van der Waals surface area contributed by atoms with Crippen molar-refractivity contribution in [3.63, 3.8) is 0 Å². The van der Waals surface area contributed by atoms with Crippen LogP contribution >= 0.6 is 0 Å². The number of aliphatic hydroxyl groups excluding tert-OH is 4. The number of carbonyl (C=O) groups is 2. The molecule has 1 spiro atoms. The van der Waals surface area contributed by atoms with Gasteiger partial charge in [-0.25, -0.2) is 0 Å². The van der Waals surface area contributed by atoms with E-state index in [0.717, 1.165) is 0 Å². The van der Waals surface area contributed by atoms with Gasteiger partial charge in [0, 0.05) is 40.9 Å². The van der Waals surface area contributed by atoms with Crippen molar-refractivity contribution < 1.29 is 44.6 Å². The zero-order chi connectivity index (χ0) is 25.5. The maximum Gasteiger partial charge on any atom is 0.240 e. The Hall–Kier alpha value is -3.41. The fourth-order valence-corrected chi connectivity index (χ4v) is 5.65. The van der Waals surface area contributed by atoms with Gasteiger partial charge >= 0.3 is 0 Å². The summed E-state index contributed by atoms with van der Waals surface area (Å²) in [6, 6.07) is 4.58. The van der Waals surface area contributed by atoms with Crippen LogP contribution in [0.3, 0.4) is 0 Å². The Bertz CT molecular complexity index is 1470. The second kappa shape index (κ2) is 7.79. The minimum Gasteiger partial charge on any atom is -0.507 e. The highest BCUT2D eigenvalue weighted by molar-refractivity contribution is 6.34. The highest BCUT2D eigenvalue weighted by atomic mass is 16.7. The quantitative estimate of drug-likeness (QED) is 0.252. The first-order valence-electron chi connectivity index (χ1n) is 11.6. The molecule has 10 nitrogen and oxygen atoms in total. The fraction of sp³-hybridized carbons (Fsp3) is 0.346.